The Morgan fingerprint density at radius 1 is 1.57 bits per heavy atom. The van der Waals surface area contributed by atoms with Gasteiger partial charge in [-0.2, -0.15) is 0 Å². The zero-order valence-corrected chi connectivity index (χ0v) is 14.0. The van der Waals surface area contributed by atoms with Gasteiger partial charge in [0.1, 0.15) is 5.82 Å². The molecule has 1 aromatic rings. The van der Waals surface area contributed by atoms with Gasteiger partial charge in [-0.3, -0.25) is 9.69 Å². The molecule has 0 bridgehead atoms. The lowest BCUT2D eigenvalue weighted by Gasteiger charge is -2.42. The summed E-state index contributed by atoms with van der Waals surface area (Å²) in [6.07, 6.45) is 2.25. The third-order valence-electron chi connectivity index (χ3n) is 4.71. The van der Waals surface area contributed by atoms with Crippen LogP contribution in [0.1, 0.15) is 44.7 Å². The van der Waals surface area contributed by atoms with E-state index in [-0.39, 0.29) is 11.9 Å². The molecule has 0 aromatic heterocycles. The summed E-state index contributed by atoms with van der Waals surface area (Å²) in [7, 11) is 0. The molecule has 1 aliphatic heterocycles. The number of halogens is 2. The van der Waals surface area contributed by atoms with Crippen molar-refractivity contribution in [3.63, 3.8) is 0 Å². The number of benzene rings is 1. The number of nitrogens with zero attached hydrogens (tertiary/aromatic N) is 1. The Kier molecular flexibility index (Phi) is 5.04. The minimum Gasteiger partial charge on any atom is -0.481 e. The van der Waals surface area contributed by atoms with Crippen molar-refractivity contribution in [3.8, 4) is 0 Å². The second-order valence-corrected chi connectivity index (χ2v) is 6.72. The maximum Gasteiger partial charge on any atom is 0.310 e. The van der Waals surface area contributed by atoms with Crippen LogP contribution in [0.3, 0.4) is 0 Å². The standard InChI is InChI=1S/C16H21BrFNO2/c1-3-16(15(20)21)7-4-8-19(10-16)11(2)12-5-6-14(18)13(17)9-12/h5-6,9,11H,3-4,7-8,10H2,1-2H3,(H,20,21). The normalized spacial score (nSPS) is 24.8. The summed E-state index contributed by atoms with van der Waals surface area (Å²) in [5, 5.41) is 9.56. The molecular weight excluding hydrogens is 337 g/mol. The topological polar surface area (TPSA) is 40.5 Å². The molecule has 0 radical (unpaired) electrons. The Labute approximate surface area is 133 Å². The van der Waals surface area contributed by atoms with Gasteiger partial charge in [-0.05, 0) is 66.4 Å². The number of likely N-dealkylation sites (tertiary alicyclic amines) is 1. The van der Waals surface area contributed by atoms with Crippen molar-refractivity contribution in [1.29, 1.82) is 0 Å². The lowest BCUT2D eigenvalue weighted by molar-refractivity contribution is -0.153. The summed E-state index contributed by atoms with van der Waals surface area (Å²) in [4.78, 5) is 13.8. The van der Waals surface area contributed by atoms with Crippen molar-refractivity contribution in [2.75, 3.05) is 13.1 Å². The van der Waals surface area contributed by atoms with Gasteiger partial charge in [-0.15, -0.1) is 0 Å². The predicted octanol–water partition coefficient (Wildman–Crippen LogP) is 4.23. The number of aliphatic carboxylic acids is 1. The van der Waals surface area contributed by atoms with Gasteiger partial charge in [-0.25, -0.2) is 4.39 Å². The first-order valence-electron chi connectivity index (χ1n) is 7.32. The van der Waals surface area contributed by atoms with E-state index in [0.717, 1.165) is 24.9 Å². The zero-order valence-electron chi connectivity index (χ0n) is 12.4. The number of carboxylic acids is 1. The van der Waals surface area contributed by atoms with Crippen LogP contribution in [0, 0.1) is 11.2 Å². The highest BCUT2D eigenvalue weighted by molar-refractivity contribution is 9.10. The van der Waals surface area contributed by atoms with Crippen molar-refractivity contribution >= 4 is 21.9 Å². The van der Waals surface area contributed by atoms with Gasteiger partial charge < -0.3 is 5.11 Å². The summed E-state index contributed by atoms with van der Waals surface area (Å²) in [6.45, 7) is 5.42. The van der Waals surface area contributed by atoms with Crippen LogP contribution in [0.15, 0.2) is 22.7 Å². The van der Waals surface area contributed by atoms with Gasteiger partial charge in [-0.1, -0.05) is 13.0 Å². The van der Waals surface area contributed by atoms with Crippen LogP contribution in [0.25, 0.3) is 0 Å². The molecular formula is C16H21BrFNO2. The van der Waals surface area contributed by atoms with Crippen molar-refractivity contribution in [2.24, 2.45) is 5.41 Å². The smallest absolute Gasteiger partial charge is 0.310 e. The summed E-state index contributed by atoms with van der Waals surface area (Å²) in [5.41, 5.74) is 0.351. The van der Waals surface area contributed by atoms with Crippen molar-refractivity contribution < 1.29 is 14.3 Å². The van der Waals surface area contributed by atoms with E-state index in [2.05, 4.69) is 20.8 Å². The first kappa shape index (κ1) is 16.4. The van der Waals surface area contributed by atoms with E-state index in [1.165, 1.54) is 6.07 Å². The molecule has 116 valence electrons. The van der Waals surface area contributed by atoms with Gasteiger partial charge in [0.2, 0.25) is 0 Å². The van der Waals surface area contributed by atoms with E-state index in [0.29, 0.717) is 17.4 Å². The number of carboxylic acid groups (broad SMARTS) is 1. The molecule has 2 atom stereocenters. The van der Waals surface area contributed by atoms with E-state index in [4.69, 9.17) is 0 Å². The SMILES string of the molecule is CCC1(C(=O)O)CCCN(C(C)c2ccc(F)c(Br)c2)C1. The van der Waals surface area contributed by atoms with Gasteiger partial charge in [0.25, 0.3) is 0 Å². The summed E-state index contributed by atoms with van der Waals surface area (Å²) >= 11 is 3.21. The first-order chi connectivity index (χ1) is 9.89. The molecule has 21 heavy (non-hydrogen) atoms. The largest absolute Gasteiger partial charge is 0.481 e. The molecule has 0 spiro atoms. The van der Waals surface area contributed by atoms with Crippen LogP contribution < -0.4 is 0 Å². The lowest BCUT2D eigenvalue weighted by Crippen LogP contribution is -2.48. The maximum absolute atomic E-state index is 13.3. The summed E-state index contributed by atoms with van der Waals surface area (Å²) in [6, 6.07) is 5.08. The molecule has 2 unspecified atom stereocenters. The number of piperidine rings is 1. The van der Waals surface area contributed by atoms with Crippen molar-refractivity contribution in [1.82, 2.24) is 4.90 Å². The predicted molar refractivity (Wildman–Crippen MR) is 83.7 cm³/mol. The molecule has 2 rings (SSSR count). The average Bonchev–Trinajstić information content (AvgIpc) is 2.49. The second-order valence-electron chi connectivity index (χ2n) is 5.86. The minimum atomic E-state index is -0.706. The van der Waals surface area contributed by atoms with Crippen molar-refractivity contribution in [3.05, 3.63) is 34.1 Å². The molecule has 0 amide bonds. The number of hydrogen-bond acceptors (Lipinski definition) is 2. The molecule has 1 fully saturated rings. The van der Waals surface area contributed by atoms with Gasteiger partial charge in [0, 0.05) is 12.6 Å². The van der Waals surface area contributed by atoms with E-state index < -0.39 is 11.4 Å². The third kappa shape index (κ3) is 3.29. The zero-order chi connectivity index (χ0) is 15.6. The average molecular weight is 358 g/mol. The first-order valence-corrected chi connectivity index (χ1v) is 8.11. The Balaban J connectivity index is 2.20. The number of carbonyl (C=O) groups is 1. The van der Waals surface area contributed by atoms with Gasteiger partial charge >= 0.3 is 5.97 Å². The van der Waals surface area contributed by atoms with E-state index in [1.54, 1.807) is 12.1 Å². The fourth-order valence-electron chi connectivity index (χ4n) is 3.10. The molecule has 0 saturated carbocycles. The highest BCUT2D eigenvalue weighted by Gasteiger charge is 2.41. The van der Waals surface area contributed by atoms with Crippen molar-refractivity contribution in [2.45, 2.75) is 39.2 Å². The van der Waals surface area contributed by atoms with E-state index in [9.17, 15) is 14.3 Å². The highest BCUT2D eigenvalue weighted by atomic mass is 79.9. The van der Waals surface area contributed by atoms with Crippen LogP contribution in [-0.2, 0) is 4.79 Å². The van der Waals surface area contributed by atoms with Gasteiger partial charge in [0.15, 0.2) is 0 Å². The monoisotopic (exact) mass is 357 g/mol. The van der Waals surface area contributed by atoms with E-state index >= 15 is 0 Å². The molecule has 3 nitrogen and oxygen atoms in total. The summed E-state index contributed by atoms with van der Waals surface area (Å²) < 4.78 is 13.8. The Bertz CT molecular complexity index is 537. The molecule has 0 aliphatic carbocycles. The highest BCUT2D eigenvalue weighted by Crippen LogP contribution is 2.37. The summed E-state index contributed by atoms with van der Waals surface area (Å²) in [5.74, 6) is -0.986. The van der Waals surface area contributed by atoms with Crippen LogP contribution in [0.4, 0.5) is 4.39 Å². The Morgan fingerprint density at radius 2 is 2.29 bits per heavy atom. The quantitative estimate of drug-likeness (QED) is 0.876. The molecule has 1 N–H and O–H groups in total. The maximum atomic E-state index is 13.3. The third-order valence-corrected chi connectivity index (χ3v) is 5.32. The number of rotatable bonds is 4. The van der Waals surface area contributed by atoms with Crippen LogP contribution in [0.5, 0.6) is 0 Å². The van der Waals surface area contributed by atoms with Crippen LogP contribution in [-0.4, -0.2) is 29.1 Å². The fraction of sp³-hybridized carbons (Fsp3) is 0.562. The Hall–Kier alpha value is -0.940. The van der Waals surface area contributed by atoms with E-state index in [1.807, 2.05) is 13.8 Å². The molecule has 1 heterocycles. The van der Waals surface area contributed by atoms with Gasteiger partial charge in [0.05, 0.1) is 9.89 Å². The van der Waals surface area contributed by atoms with Crippen LogP contribution >= 0.6 is 15.9 Å². The molecule has 1 saturated heterocycles. The molecule has 1 aliphatic rings. The minimum absolute atomic E-state index is 0.0764. The number of hydrogen-bond donors (Lipinski definition) is 1. The lowest BCUT2D eigenvalue weighted by atomic mass is 9.77. The molecule has 1 aromatic carbocycles. The van der Waals surface area contributed by atoms with Crippen LogP contribution in [0.2, 0.25) is 0 Å². The molecule has 5 heteroatoms. The Morgan fingerprint density at radius 3 is 2.86 bits per heavy atom. The second kappa shape index (κ2) is 6.44. The fourth-order valence-corrected chi connectivity index (χ4v) is 3.49.